The molecule has 0 radical (unpaired) electrons. The van der Waals surface area contributed by atoms with E-state index < -0.39 is 34.5 Å². The molecule has 8 nitrogen and oxygen atoms in total. The van der Waals surface area contributed by atoms with Gasteiger partial charge in [0.15, 0.2) is 5.60 Å². The molecular formula is C22H43ClO8. The van der Waals surface area contributed by atoms with Crippen LogP contribution < -0.4 is 0 Å². The van der Waals surface area contributed by atoms with E-state index >= 15 is 0 Å². The van der Waals surface area contributed by atoms with Crippen molar-refractivity contribution in [3.05, 3.63) is 0 Å². The van der Waals surface area contributed by atoms with Gasteiger partial charge in [-0.1, -0.05) is 69.7 Å². The van der Waals surface area contributed by atoms with Crippen molar-refractivity contribution in [1.29, 1.82) is 0 Å². The van der Waals surface area contributed by atoms with Crippen LogP contribution in [-0.2, 0) is 23.9 Å². The lowest BCUT2D eigenvalue weighted by Gasteiger charge is -2.42. The molecule has 9 heteroatoms. The summed E-state index contributed by atoms with van der Waals surface area (Å²) in [6.45, 7) is 18.1. The van der Waals surface area contributed by atoms with Crippen molar-refractivity contribution in [1.82, 2.24) is 0 Å². The topological polar surface area (TPSA) is 138 Å². The average Bonchev–Trinajstić information content (AvgIpc) is 2.48. The maximum Gasteiger partial charge on any atom is 0.349 e. The highest BCUT2D eigenvalue weighted by Gasteiger charge is 2.54. The molecule has 186 valence electrons. The molecule has 31 heavy (non-hydrogen) atoms. The van der Waals surface area contributed by atoms with E-state index in [0.717, 1.165) is 0 Å². The molecule has 0 bridgehead atoms. The summed E-state index contributed by atoms with van der Waals surface area (Å²) in [5.41, 5.74) is -3.71. The molecule has 0 aliphatic carbocycles. The molecule has 0 heterocycles. The SMILES string of the molecule is C.CC(=O)Cl.CC(=O)OC(C(=O)O)(C(C)C)C(C)(C)C.CC(C)C(O)(C(=O)O)C(C)C. The zero-order chi connectivity index (χ0) is 25.2. The Morgan fingerprint density at radius 2 is 1.06 bits per heavy atom. The van der Waals surface area contributed by atoms with Gasteiger partial charge >= 0.3 is 17.9 Å². The lowest BCUT2D eigenvalue weighted by atomic mass is 9.69. The first-order valence-electron chi connectivity index (χ1n) is 9.66. The van der Waals surface area contributed by atoms with Gasteiger partial charge in [-0.25, -0.2) is 9.59 Å². The summed E-state index contributed by atoms with van der Waals surface area (Å²) in [7, 11) is 0. The van der Waals surface area contributed by atoms with Gasteiger partial charge in [0.25, 0.3) is 0 Å². The highest BCUT2D eigenvalue weighted by Crippen LogP contribution is 2.40. The average molecular weight is 471 g/mol. The van der Waals surface area contributed by atoms with Gasteiger partial charge in [0, 0.05) is 25.2 Å². The van der Waals surface area contributed by atoms with Gasteiger partial charge in [0.05, 0.1) is 0 Å². The number of halogens is 1. The van der Waals surface area contributed by atoms with E-state index in [4.69, 9.17) is 9.84 Å². The van der Waals surface area contributed by atoms with E-state index in [2.05, 4.69) is 11.6 Å². The minimum absolute atomic E-state index is 0. The summed E-state index contributed by atoms with van der Waals surface area (Å²) in [6.07, 6.45) is 0. The summed E-state index contributed by atoms with van der Waals surface area (Å²) >= 11 is 4.64. The number of carbonyl (C=O) groups is 4. The third-order valence-corrected chi connectivity index (χ3v) is 4.65. The molecule has 0 aliphatic rings. The second-order valence-electron chi connectivity index (χ2n) is 8.95. The van der Waals surface area contributed by atoms with Crippen LogP contribution in [-0.4, -0.2) is 49.7 Å². The van der Waals surface area contributed by atoms with E-state index in [0.29, 0.717) is 0 Å². The van der Waals surface area contributed by atoms with Crippen molar-refractivity contribution >= 4 is 34.8 Å². The number of carbonyl (C=O) groups excluding carboxylic acids is 2. The summed E-state index contributed by atoms with van der Waals surface area (Å²) in [4.78, 5) is 42.3. The predicted molar refractivity (Wildman–Crippen MR) is 122 cm³/mol. The van der Waals surface area contributed by atoms with Crippen LogP contribution in [0.1, 0.15) is 83.6 Å². The van der Waals surface area contributed by atoms with Gasteiger partial charge in [0.1, 0.15) is 0 Å². The van der Waals surface area contributed by atoms with E-state index in [1.165, 1.54) is 13.8 Å². The third kappa shape index (κ3) is 11.0. The summed E-state index contributed by atoms with van der Waals surface area (Å²) in [5, 5.41) is 27.3. The van der Waals surface area contributed by atoms with Crippen molar-refractivity contribution in [2.75, 3.05) is 0 Å². The number of rotatable bonds is 6. The number of aliphatic carboxylic acids is 2. The molecule has 0 aromatic heterocycles. The smallest absolute Gasteiger partial charge is 0.349 e. The number of carboxylic acids is 2. The van der Waals surface area contributed by atoms with Crippen LogP contribution in [0.25, 0.3) is 0 Å². The molecule has 0 rings (SSSR count). The van der Waals surface area contributed by atoms with Gasteiger partial charge in [-0.05, 0) is 23.4 Å². The fraction of sp³-hybridized carbons (Fsp3) is 0.818. The van der Waals surface area contributed by atoms with Crippen LogP contribution in [0, 0.1) is 23.2 Å². The molecule has 0 aliphatic heterocycles. The Bertz CT molecular complexity index is 579. The first-order chi connectivity index (χ1) is 13.1. The molecule has 0 saturated heterocycles. The van der Waals surface area contributed by atoms with Gasteiger partial charge in [0.2, 0.25) is 10.8 Å². The van der Waals surface area contributed by atoms with Crippen molar-refractivity contribution in [3.8, 4) is 0 Å². The van der Waals surface area contributed by atoms with Crippen LogP contribution in [0.3, 0.4) is 0 Å². The highest BCUT2D eigenvalue weighted by molar-refractivity contribution is 6.62. The number of aliphatic hydroxyl groups is 1. The number of ether oxygens (including phenoxy) is 1. The van der Waals surface area contributed by atoms with Crippen molar-refractivity contribution in [2.24, 2.45) is 23.2 Å². The molecule has 0 aromatic rings. The fourth-order valence-corrected chi connectivity index (χ4v) is 3.14. The van der Waals surface area contributed by atoms with Crippen molar-refractivity contribution in [3.63, 3.8) is 0 Å². The Morgan fingerprint density at radius 1 is 0.774 bits per heavy atom. The maximum atomic E-state index is 11.4. The van der Waals surface area contributed by atoms with Crippen LogP contribution in [0.5, 0.6) is 0 Å². The Labute approximate surface area is 192 Å². The summed E-state index contributed by atoms with van der Waals surface area (Å²) in [5.74, 6) is -3.62. The molecule has 3 N–H and O–H groups in total. The first kappa shape index (κ1) is 36.7. The molecule has 0 aromatic carbocycles. The number of hydrogen-bond acceptors (Lipinski definition) is 6. The second-order valence-corrected chi connectivity index (χ2v) is 9.48. The number of hydrogen-bond donors (Lipinski definition) is 3. The van der Waals surface area contributed by atoms with Crippen LogP contribution in [0.15, 0.2) is 0 Å². The normalized spacial score (nSPS) is 13.0. The zero-order valence-corrected chi connectivity index (χ0v) is 20.7. The number of carboxylic acid groups (broad SMARTS) is 2. The molecule has 1 atom stereocenters. The van der Waals surface area contributed by atoms with Crippen molar-refractivity contribution < 1.29 is 39.2 Å². The van der Waals surface area contributed by atoms with Crippen LogP contribution in [0.4, 0.5) is 0 Å². The standard InChI is InChI=1S/C11H20O4.C8H16O3.C2H3ClO.CH4/c1-7(2)11(9(13)14,10(4,5)6)15-8(3)12;1-5(2)8(11,6(3)4)7(9)10;1-2(3)4;/h7H,1-6H3,(H,13,14);5-6,11H,1-4H3,(H,9,10);1H3;1H4. The van der Waals surface area contributed by atoms with Gasteiger partial charge < -0.3 is 20.1 Å². The Morgan fingerprint density at radius 3 is 1.10 bits per heavy atom. The molecule has 0 saturated carbocycles. The Hall–Kier alpha value is -1.67. The Kier molecular flexibility index (Phi) is 17.0. The third-order valence-electron chi connectivity index (χ3n) is 4.65. The summed E-state index contributed by atoms with van der Waals surface area (Å²) < 4.78 is 5.09. The van der Waals surface area contributed by atoms with E-state index in [-0.39, 0.29) is 30.4 Å². The lowest BCUT2D eigenvalue weighted by molar-refractivity contribution is -0.200. The summed E-state index contributed by atoms with van der Waals surface area (Å²) in [6, 6.07) is 0. The van der Waals surface area contributed by atoms with Crippen LogP contribution >= 0.6 is 11.6 Å². The molecule has 1 unspecified atom stereocenters. The molecular weight excluding hydrogens is 428 g/mol. The van der Waals surface area contributed by atoms with Gasteiger partial charge in [-0.2, -0.15) is 0 Å². The molecule has 0 amide bonds. The predicted octanol–water partition coefficient (Wildman–Crippen LogP) is 4.60. The molecule has 0 fully saturated rings. The van der Waals surface area contributed by atoms with Crippen molar-refractivity contribution in [2.45, 2.75) is 94.8 Å². The van der Waals surface area contributed by atoms with Gasteiger partial charge in [-0.15, -0.1) is 0 Å². The Balaban J connectivity index is -0.000000201. The monoisotopic (exact) mass is 470 g/mol. The van der Waals surface area contributed by atoms with Crippen LogP contribution in [0.2, 0.25) is 0 Å². The second kappa shape index (κ2) is 14.4. The fourth-order valence-electron chi connectivity index (χ4n) is 3.14. The van der Waals surface area contributed by atoms with E-state index in [1.54, 1.807) is 62.3 Å². The number of esters is 1. The lowest BCUT2D eigenvalue weighted by Crippen LogP contribution is -2.57. The highest BCUT2D eigenvalue weighted by atomic mass is 35.5. The molecule has 0 spiro atoms. The van der Waals surface area contributed by atoms with E-state index in [9.17, 15) is 29.4 Å². The minimum atomic E-state index is -1.58. The maximum absolute atomic E-state index is 11.4. The first-order valence-corrected chi connectivity index (χ1v) is 10.0. The minimum Gasteiger partial charge on any atom is -0.479 e. The quantitative estimate of drug-likeness (QED) is 0.378. The largest absolute Gasteiger partial charge is 0.479 e. The van der Waals surface area contributed by atoms with E-state index in [1.807, 2.05) is 0 Å². The van der Waals surface area contributed by atoms with Gasteiger partial charge in [-0.3, -0.25) is 9.59 Å². The zero-order valence-electron chi connectivity index (χ0n) is 20.0.